The second-order valence-corrected chi connectivity index (χ2v) is 5.54. The largest absolute Gasteiger partial charge is 0.368 e. The second-order valence-electron chi connectivity index (χ2n) is 5.54. The molecule has 0 radical (unpaired) electrons. The molecule has 0 aliphatic heterocycles. The number of nitrogens with one attached hydrogen (secondary N) is 2. The van der Waals surface area contributed by atoms with E-state index in [0.29, 0.717) is 30.0 Å². The maximum Gasteiger partial charge on any atom is 0.276 e. The number of hydrogen-bond donors (Lipinski definition) is 2. The van der Waals surface area contributed by atoms with Crippen LogP contribution in [0.5, 0.6) is 0 Å². The average molecular weight is 354 g/mol. The number of benzene rings is 2. The summed E-state index contributed by atoms with van der Waals surface area (Å²) in [4.78, 5) is 12.1. The number of amides is 1. The molecule has 3 aromatic rings. The van der Waals surface area contributed by atoms with E-state index in [-0.39, 0.29) is 11.6 Å². The third-order valence-corrected chi connectivity index (χ3v) is 3.64. The highest BCUT2D eigenvalue weighted by Gasteiger charge is 2.09. The minimum atomic E-state index is -0.602. The van der Waals surface area contributed by atoms with Crippen LogP contribution in [0, 0.1) is 11.6 Å². The molecule has 7 heteroatoms. The molecule has 3 rings (SSSR count). The monoisotopic (exact) mass is 354 g/mol. The molecule has 1 amide bonds. The van der Waals surface area contributed by atoms with Gasteiger partial charge in [-0.15, -0.1) is 10.2 Å². The molecule has 26 heavy (non-hydrogen) atoms. The van der Waals surface area contributed by atoms with Crippen LogP contribution in [0.25, 0.3) is 0 Å². The number of carbonyl (C=O) groups is 1. The molecular weight excluding hydrogens is 338 g/mol. The van der Waals surface area contributed by atoms with Gasteiger partial charge in [0.05, 0.1) is 0 Å². The highest BCUT2D eigenvalue weighted by atomic mass is 19.1. The predicted octanol–water partition coefficient (Wildman–Crippen LogP) is 3.66. The van der Waals surface area contributed by atoms with Gasteiger partial charge in [0, 0.05) is 18.3 Å². The molecule has 0 fully saturated rings. The lowest BCUT2D eigenvalue weighted by atomic mass is 10.1. The molecule has 2 N–H and O–H groups in total. The van der Waals surface area contributed by atoms with Crippen LogP contribution in [0.3, 0.4) is 0 Å². The summed E-state index contributed by atoms with van der Waals surface area (Å²) in [5, 5.41) is 13.5. The summed E-state index contributed by atoms with van der Waals surface area (Å²) in [6, 6.07) is 15.7. The van der Waals surface area contributed by atoms with Crippen molar-refractivity contribution >= 4 is 17.4 Å². The topological polar surface area (TPSA) is 66.9 Å². The van der Waals surface area contributed by atoms with Gasteiger partial charge < -0.3 is 10.6 Å². The van der Waals surface area contributed by atoms with Gasteiger partial charge in [-0.2, -0.15) is 0 Å². The van der Waals surface area contributed by atoms with Gasteiger partial charge in [-0.05, 0) is 42.3 Å². The molecule has 0 aliphatic carbocycles. The number of aromatic nitrogens is 2. The Balaban J connectivity index is 1.53. The lowest BCUT2D eigenvalue weighted by Crippen LogP contribution is -2.15. The lowest BCUT2D eigenvalue weighted by molar-refractivity contribution is 0.102. The summed E-state index contributed by atoms with van der Waals surface area (Å²) < 4.78 is 26.4. The molecule has 2 aromatic carbocycles. The van der Waals surface area contributed by atoms with Crippen LogP contribution in [0.2, 0.25) is 0 Å². The first-order chi connectivity index (χ1) is 12.6. The normalized spacial score (nSPS) is 10.4. The van der Waals surface area contributed by atoms with Crippen molar-refractivity contribution in [3.63, 3.8) is 0 Å². The van der Waals surface area contributed by atoms with E-state index >= 15 is 0 Å². The van der Waals surface area contributed by atoms with E-state index in [1.807, 2.05) is 18.2 Å². The van der Waals surface area contributed by atoms with E-state index in [9.17, 15) is 13.6 Å². The number of carbonyl (C=O) groups excluding carboxylic acids is 1. The fraction of sp³-hybridized carbons (Fsp3) is 0.105. The molecule has 132 valence electrons. The summed E-state index contributed by atoms with van der Waals surface area (Å²) in [6.45, 7) is 0.396. The zero-order chi connectivity index (χ0) is 18.4. The van der Waals surface area contributed by atoms with E-state index in [2.05, 4.69) is 20.8 Å². The Morgan fingerprint density at radius 2 is 1.77 bits per heavy atom. The third-order valence-electron chi connectivity index (χ3n) is 3.64. The Morgan fingerprint density at radius 3 is 2.46 bits per heavy atom. The molecular formula is C19H16F2N4O. The molecule has 1 heterocycles. The van der Waals surface area contributed by atoms with E-state index in [0.717, 1.165) is 6.07 Å². The Kier molecular flexibility index (Phi) is 5.48. The fourth-order valence-corrected chi connectivity index (χ4v) is 2.31. The number of para-hydroxylation sites is 1. The fourth-order valence-electron chi connectivity index (χ4n) is 2.31. The Labute approximate surface area is 149 Å². The van der Waals surface area contributed by atoms with E-state index < -0.39 is 11.6 Å². The zero-order valence-electron chi connectivity index (χ0n) is 13.7. The van der Waals surface area contributed by atoms with Gasteiger partial charge in [0.25, 0.3) is 5.91 Å². The highest BCUT2D eigenvalue weighted by molar-refractivity contribution is 6.02. The Hall–Kier alpha value is -3.35. The number of rotatable bonds is 6. The first-order valence-electron chi connectivity index (χ1n) is 8.00. The molecule has 0 unspecified atom stereocenters. The summed E-state index contributed by atoms with van der Waals surface area (Å²) >= 11 is 0. The summed E-state index contributed by atoms with van der Waals surface area (Å²) in [6.07, 6.45) is 0.365. The Bertz CT molecular complexity index is 886. The van der Waals surface area contributed by atoms with Crippen LogP contribution in [-0.2, 0) is 6.42 Å². The number of hydrogen-bond acceptors (Lipinski definition) is 4. The zero-order valence-corrected chi connectivity index (χ0v) is 13.7. The van der Waals surface area contributed by atoms with E-state index in [1.54, 1.807) is 24.3 Å². The first kappa shape index (κ1) is 17.5. The van der Waals surface area contributed by atoms with E-state index in [4.69, 9.17) is 0 Å². The van der Waals surface area contributed by atoms with Crippen molar-refractivity contribution in [1.82, 2.24) is 10.2 Å². The molecule has 0 bridgehead atoms. The van der Waals surface area contributed by atoms with Gasteiger partial charge in [0.15, 0.2) is 5.69 Å². The minimum absolute atomic E-state index is 0.184. The number of anilines is 2. The predicted molar refractivity (Wildman–Crippen MR) is 95.0 cm³/mol. The van der Waals surface area contributed by atoms with Crippen LogP contribution >= 0.6 is 0 Å². The van der Waals surface area contributed by atoms with Crippen LogP contribution in [0.15, 0.2) is 60.7 Å². The van der Waals surface area contributed by atoms with Gasteiger partial charge in [0.2, 0.25) is 0 Å². The number of nitrogens with zero attached hydrogens (tertiary/aromatic N) is 2. The van der Waals surface area contributed by atoms with Gasteiger partial charge in [-0.1, -0.05) is 24.3 Å². The van der Waals surface area contributed by atoms with Crippen molar-refractivity contribution in [2.24, 2.45) is 0 Å². The van der Waals surface area contributed by atoms with Crippen LogP contribution < -0.4 is 10.6 Å². The van der Waals surface area contributed by atoms with Crippen molar-refractivity contribution in [1.29, 1.82) is 0 Å². The summed E-state index contributed by atoms with van der Waals surface area (Å²) in [5.74, 6) is -1.08. The molecule has 0 spiro atoms. The van der Waals surface area contributed by atoms with E-state index in [1.165, 1.54) is 12.1 Å². The minimum Gasteiger partial charge on any atom is -0.368 e. The lowest BCUT2D eigenvalue weighted by Gasteiger charge is -2.07. The van der Waals surface area contributed by atoms with Crippen molar-refractivity contribution in [3.05, 3.63) is 83.6 Å². The summed E-state index contributed by atoms with van der Waals surface area (Å²) in [5.41, 5.74) is 1.26. The third kappa shape index (κ3) is 4.60. The van der Waals surface area contributed by atoms with Crippen molar-refractivity contribution in [2.45, 2.75) is 6.42 Å². The van der Waals surface area contributed by atoms with Crippen LogP contribution in [0.4, 0.5) is 20.3 Å². The second kappa shape index (κ2) is 8.15. The van der Waals surface area contributed by atoms with Gasteiger partial charge in [-0.3, -0.25) is 4.79 Å². The van der Waals surface area contributed by atoms with Crippen molar-refractivity contribution in [3.8, 4) is 0 Å². The first-order valence-corrected chi connectivity index (χ1v) is 8.00. The molecule has 1 aromatic heterocycles. The van der Waals surface area contributed by atoms with Crippen molar-refractivity contribution in [2.75, 3.05) is 17.2 Å². The molecule has 0 aliphatic rings. The SMILES string of the molecule is O=C(Nc1ccccc1)c1ccc(NCCc2ccc(F)cc2F)nn1. The number of halogens is 2. The maximum atomic E-state index is 13.6. The van der Waals surface area contributed by atoms with Gasteiger partial charge in [-0.25, -0.2) is 8.78 Å². The van der Waals surface area contributed by atoms with Gasteiger partial charge in [0.1, 0.15) is 17.5 Å². The van der Waals surface area contributed by atoms with Crippen LogP contribution in [0.1, 0.15) is 16.1 Å². The molecule has 0 saturated carbocycles. The van der Waals surface area contributed by atoms with Crippen LogP contribution in [-0.4, -0.2) is 22.6 Å². The van der Waals surface area contributed by atoms with Crippen molar-refractivity contribution < 1.29 is 13.6 Å². The maximum absolute atomic E-state index is 13.6. The quantitative estimate of drug-likeness (QED) is 0.709. The average Bonchev–Trinajstić information content (AvgIpc) is 2.65. The highest BCUT2D eigenvalue weighted by Crippen LogP contribution is 2.11. The Morgan fingerprint density at radius 1 is 0.962 bits per heavy atom. The molecule has 0 atom stereocenters. The molecule has 5 nitrogen and oxygen atoms in total. The van der Waals surface area contributed by atoms with Gasteiger partial charge >= 0.3 is 0 Å². The molecule has 0 saturated heterocycles. The standard InChI is InChI=1S/C19H16F2N4O/c20-14-7-6-13(16(21)12-14)10-11-22-18-9-8-17(24-25-18)19(26)23-15-4-2-1-3-5-15/h1-9,12H,10-11H2,(H,22,25)(H,23,26). The smallest absolute Gasteiger partial charge is 0.276 e. The summed E-state index contributed by atoms with van der Waals surface area (Å²) in [7, 11) is 0.